The Hall–Kier alpha value is -1.76. The third-order valence-electron chi connectivity index (χ3n) is 4.71. The van der Waals surface area contributed by atoms with Crippen LogP contribution in [0.3, 0.4) is 0 Å². The minimum atomic E-state index is -4.67. The van der Waals surface area contributed by atoms with Gasteiger partial charge in [0.25, 0.3) is 0 Å². The van der Waals surface area contributed by atoms with Gasteiger partial charge in [0.15, 0.2) is 5.60 Å². The first kappa shape index (κ1) is 16.1. The molecule has 2 aliphatic heterocycles. The molecule has 0 spiro atoms. The summed E-state index contributed by atoms with van der Waals surface area (Å²) in [4.78, 5) is 13.6. The molecule has 0 saturated carbocycles. The van der Waals surface area contributed by atoms with Crippen LogP contribution in [0.1, 0.15) is 31.2 Å². The van der Waals surface area contributed by atoms with E-state index < -0.39 is 42.8 Å². The Kier molecular flexibility index (Phi) is 4.00. The second-order valence-corrected chi connectivity index (χ2v) is 6.27. The van der Waals surface area contributed by atoms with Crippen LogP contribution in [0, 0.1) is 0 Å². The summed E-state index contributed by atoms with van der Waals surface area (Å²) >= 11 is 0. The zero-order chi connectivity index (χ0) is 16.7. The molecule has 1 aromatic carbocycles. The molecule has 2 bridgehead atoms. The summed E-state index contributed by atoms with van der Waals surface area (Å²) in [5.41, 5.74) is -1.88. The van der Waals surface area contributed by atoms with E-state index in [0.29, 0.717) is 12.8 Å². The van der Waals surface area contributed by atoms with E-state index in [1.165, 1.54) is 4.90 Å². The van der Waals surface area contributed by atoms with Crippen molar-refractivity contribution in [3.63, 3.8) is 0 Å². The molecule has 0 radical (unpaired) electrons. The number of ether oxygens (including phenoxy) is 1. The Bertz CT molecular complexity index is 562. The summed E-state index contributed by atoms with van der Waals surface area (Å²) in [6.45, 7) is 0.0825. The van der Waals surface area contributed by atoms with E-state index in [9.17, 15) is 23.1 Å². The Morgan fingerprint density at radius 2 is 1.78 bits per heavy atom. The highest BCUT2D eigenvalue weighted by Gasteiger charge is 2.61. The van der Waals surface area contributed by atoms with Crippen molar-refractivity contribution in [2.45, 2.75) is 56.2 Å². The first-order valence-electron chi connectivity index (χ1n) is 7.58. The molecule has 1 aromatic rings. The molecule has 2 saturated heterocycles. The van der Waals surface area contributed by atoms with E-state index in [2.05, 4.69) is 0 Å². The van der Waals surface area contributed by atoms with Crippen LogP contribution in [0.15, 0.2) is 30.3 Å². The van der Waals surface area contributed by atoms with Crippen LogP contribution in [0.2, 0.25) is 0 Å². The third kappa shape index (κ3) is 3.02. The fourth-order valence-corrected chi connectivity index (χ4v) is 3.55. The molecule has 126 valence electrons. The molecule has 1 N–H and O–H groups in total. The minimum Gasteiger partial charge on any atom is -0.445 e. The van der Waals surface area contributed by atoms with E-state index in [0.717, 1.165) is 5.56 Å². The summed E-state index contributed by atoms with van der Waals surface area (Å²) in [6.07, 6.45) is -5.31. The van der Waals surface area contributed by atoms with Crippen molar-refractivity contribution in [3.05, 3.63) is 35.9 Å². The van der Waals surface area contributed by atoms with Crippen molar-refractivity contribution in [1.29, 1.82) is 0 Å². The summed E-state index contributed by atoms with van der Waals surface area (Å²) in [7, 11) is 0. The minimum absolute atomic E-state index is 0.0825. The van der Waals surface area contributed by atoms with E-state index >= 15 is 0 Å². The van der Waals surface area contributed by atoms with Crippen molar-refractivity contribution >= 4 is 6.09 Å². The fraction of sp³-hybridized carbons (Fsp3) is 0.562. The average molecular weight is 329 g/mol. The standard InChI is InChI=1S/C16H18F3NO3/c17-16(18,19)15(22)8-12-6-7-13(9-15)20(12)14(21)23-10-11-4-2-1-3-5-11/h1-5,12-13,22H,6-10H2. The molecule has 0 aromatic heterocycles. The molecule has 1 amide bonds. The topological polar surface area (TPSA) is 49.8 Å². The Balaban J connectivity index is 1.65. The first-order valence-corrected chi connectivity index (χ1v) is 7.58. The van der Waals surface area contributed by atoms with Gasteiger partial charge in [0.2, 0.25) is 0 Å². The number of halogens is 3. The highest BCUT2D eigenvalue weighted by molar-refractivity contribution is 5.69. The van der Waals surface area contributed by atoms with Gasteiger partial charge < -0.3 is 14.7 Å². The first-order chi connectivity index (χ1) is 10.8. The smallest absolute Gasteiger partial charge is 0.417 e. The van der Waals surface area contributed by atoms with Crippen LogP contribution in [0.4, 0.5) is 18.0 Å². The lowest BCUT2D eigenvalue weighted by Crippen LogP contribution is -2.59. The van der Waals surface area contributed by atoms with Gasteiger partial charge in [-0.1, -0.05) is 30.3 Å². The molecule has 4 nitrogen and oxygen atoms in total. The Morgan fingerprint density at radius 3 is 2.30 bits per heavy atom. The van der Waals surface area contributed by atoms with E-state index in [1.807, 2.05) is 18.2 Å². The molecule has 23 heavy (non-hydrogen) atoms. The van der Waals surface area contributed by atoms with Gasteiger partial charge in [-0.2, -0.15) is 13.2 Å². The summed E-state index contributed by atoms with van der Waals surface area (Å²) < 4.78 is 44.3. The number of piperidine rings is 1. The summed E-state index contributed by atoms with van der Waals surface area (Å²) in [5.74, 6) is 0. The van der Waals surface area contributed by atoms with Crippen LogP contribution >= 0.6 is 0 Å². The van der Waals surface area contributed by atoms with Gasteiger partial charge in [0.05, 0.1) is 0 Å². The van der Waals surface area contributed by atoms with Gasteiger partial charge in [-0.15, -0.1) is 0 Å². The Labute approximate surface area is 131 Å². The maximum atomic E-state index is 13.0. The monoisotopic (exact) mass is 329 g/mol. The zero-order valence-corrected chi connectivity index (χ0v) is 12.4. The number of aliphatic hydroxyl groups is 1. The van der Waals surface area contributed by atoms with Crippen LogP contribution in [-0.4, -0.2) is 40.0 Å². The molecule has 2 fully saturated rings. The van der Waals surface area contributed by atoms with E-state index in [1.54, 1.807) is 12.1 Å². The molecular formula is C16H18F3NO3. The van der Waals surface area contributed by atoms with Gasteiger partial charge in [0, 0.05) is 24.9 Å². The molecule has 2 heterocycles. The quantitative estimate of drug-likeness (QED) is 0.906. The molecule has 7 heteroatoms. The van der Waals surface area contributed by atoms with Crippen molar-refractivity contribution in [1.82, 2.24) is 4.90 Å². The second-order valence-electron chi connectivity index (χ2n) is 6.27. The van der Waals surface area contributed by atoms with Gasteiger partial charge in [-0.3, -0.25) is 0 Å². The molecule has 2 aliphatic rings. The number of nitrogens with zero attached hydrogens (tertiary/aromatic N) is 1. The number of carbonyl (C=O) groups excluding carboxylic acids is 1. The van der Waals surface area contributed by atoms with Crippen LogP contribution < -0.4 is 0 Å². The third-order valence-corrected chi connectivity index (χ3v) is 4.71. The molecule has 0 aliphatic carbocycles. The molecule has 3 rings (SSSR count). The summed E-state index contributed by atoms with van der Waals surface area (Å²) in [6, 6.07) is 7.84. The second kappa shape index (κ2) is 5.70. The lowest BCUT2D eigenvalue weighted by molar-refractivity contribution is -0.277. The zero-order valence-electron chi connectivity index (χ0n) is 12.4. The van der Waals surface area contributed by atoms with Crippen molar-refractivity contribution in [3.8, 4) is 0 Å². The lowest BCUT2D eigenvalue weighted by Gasteiger charge is -2.43. The fourth-order valence-electron chi connectivity index (χ4n) is 3.55. The number of carbonyl (C=O) groups is 1. The number of fused-ring (bicyclic) bond motifs is 2. The SMILES string of the molecule is O=C(OCc1ccccc1)N1C2CCC1CC(O)(C(F)(F)F)C2. The van der Waals surface area contributed by atoms with Crippen molar-refractivity contribution in [2.75, 3.05) is 0 Å². The van der Waals surface area contributed by atoms with Gasteiger partial charge >= 0.3 is 12.3 Å². The van der Waals surface area contributed by atoms with Gasteiger partial charge in [0.1, 0.15) is 6.61 Å². The number of benzene rings is 1. The van der Waals surface area contributed by atoms with E-state index in [-0.39, 0.29) is 6.61 Å². The maximum absolute atomic E-state index is 13.0. The largest absolute Gasteiger partial charge is 0.445 e. The van der Waals surface area contributed by atoms with Crippen molar-refractivity contribution in [2.24, 2.45) is 0 Å². The predicted molar refractivity (Wildman–Crippen MR) is 75.5 cm³/mol. The highest BCUT2D eigenvalue weighted by Crippen LogP contribution is 2.48. The maximum Gasteiger partial charge on any atom is 0.417 e. The number of hydrogen-bond acceptors (Lipinski definition) is 3. The lowest BCUT2D eigenvalue weighted by atomic mass is 9.86. The normalized spacial score (nSPS) is 30.3. The summed E-state index contributed by atoms with van der Waals surface area (Å²) in [5, 5.41) is 9.89. The number of rotatable bonds is 2. The van der Waals surface area contributed by atoms with Crippen LogP contribution in [0.25, 0.3) is 0 Å². The molecule has 2 unspecified atom stereocenters. The number of alkyl halides is 3. The average Bonchev–Trinajstić information content (AvgIpc) is 2.77. The van der Waals surface area contributed by atoms with Crippen molar-refractivity contribution < 1.29 is 27.8 Å². The molecular weight excluding hydrogens is 311 g/mol. The van der Waals surface area contributed by atoms with Gasteiger partial charge in [-0.25, -0.2) is 4.79 Å². The van der Waals surface area contributed by atoms with Gasteiger partial charge in [-0.05, 0) is 18.4 Å². The number of hydrogen-bond donors (Lipinski definition) is 1. The number of amides is 1. The Morgan fingerprint density at radius 1 is 1.22 bits per heavy atom. The van der Waals surface area contributed by atoms with Crippen LogP contribution in [0.5, 0.6) is 0 Å². The van der Waals surface area contributed by atoms with E-state index in [4.69, 9.17) is 4.74 Å². The molecule has 2 atom stereocenters. The van der Waals surface area contributed by atoms with Crippen LogP contribution in [-0.2, 0) is 11.3 Å². The predicted octanol–water partition coefficient (Wildman–Crippen LogP) is 3.24. The highest BCUT2D eigenvalue weighted by atomic mass is 19.4.